The molecular weight excluding hydrogens is 372 g/mol. The maximum Gasteiger partial charge on any atom is 0.243 e. The molecule has 2 heterocycles. The molecule has 0 amide bonds. The third kappa shape index (κ3) is 3.05. The molecule has 0 fully saturated rings. The Kier molecular flexibility index (Phi) is 4.34. The number of aromatic nitrogens is 1. The van der Waals surface area contributed by atoms with Crippen LogP contribution in [0.5, 0.6) is 5.75 Å². The standard InChI is InChI=1S/C19H17ClN2O3S/c1-25-16-3-2-4-17(11-16)26(23,24)22-8-7-19-14(12-22)9-13-10-15(20)5-6-18(13)21-19/h2-6,9-11H,7-8,12H2,1H3. The molecule has 0 N–H and O–H groups in total. The molecule has 134 valence electrons. The third-order valence-electron chi connectivity index (χ3n) is 4.57. The van der Waals surface area contributed by atoms with Crippen LogP contribution >= 0.6 is 11.6 Å². The molecule has 0 aliphatic carbocycles. The second kappa shape index (κ2) is 6.54. The Labute approximate surface area is 157 Å². The first-order chi connectivity index (χ1) is 12.5. The van der Waals surface area contributed by atoms with Crippen molar-refractivity contribution in [3.63, 3.8) is 0 Å². The third-order valence-corrected chi connectivity index (χ3v) is 6.65. The van der Waals surface area contributed by atoms with Gasteiger partial charge in [-0.1, -0.05) is 17.7 Å². The normalized spacial score (nSPS) is 15.0. The first kappa shape index (κ1) is 17.3. The molecular formula is C19H17ClN2O3S. The molecule has 0 saturated heterocycles. The molecule has 4 rings (SSSR count). The minimum Gasteiger partial charge on any atom is -0.497 e. The van der Waals surface area contributed by atoms with Gasteiger partial charge in [-0.25, -0.2) is 8.42 Å². The summed E-state index contributed by atoms with van der Waals surface area (Å²) >= 11 is 6.07. The van der Waals surface area contributed by atoms with E-state index >= 15 is 0 Å². The number of halogens is 1. The molecule has 1 aliphatic rings. The molecule has 0 saturated carbocycles. The Morgan fingerprint density at radius 3 is 2.81 bits per heavy atom. The summed E-state index contributed by atoms with van der Waals surface area (Å²) in [6.07, 6.45) is 0.580. The Hall–Kier alpha value is -2.15. The summed E-state index contributed by atoms with van der Waals surface area (Å²) < 4.78 is 32.7. The average Bonchev–Trinajstić information content (AvgIpc) is 2.66. The van der Waals surface area contributed by atoms with Crippen LogP contribution in [-0.4, -0.2) is 31.4 Å². The van der Waals surface area contributed by atoms with E-state index in [4.69, 9.17) is 16.3 Å². The Morgan fingerprint density at radius 2 is 2.00 bits per heavy atom. The fourth-order valence-corrected chi connectivity index (χ4v) is 4.83. The van der Waals surface area contributed by atoms with E-state index in [0.717, 1.165) is 22.2 Å². The second-order valence-electron chi connectivity index (χ2n) is 6.20. The van der Waals surface area contributed by atoms with Crippen molar-refractivity contribution >= 4 is 32.5 Å². The van der Waals surface area contributed by atoms with E-state index in [9.17, 15) is 8.42 Å². The number of pyridine rings is 1. The van der Waals surface area contributed by atoms with Crippen LogP contribution in [-0.2, 0) is 23.0 Å². The Morgan fingerprint density at radius 1 is 1.15 bits per heavy atom. The van der Waals surface area contributed by atoms with E-state index in [0.29, 0.717) is 30.3 Å². The van der Waals surface area contributed by atoms with Crippen LogP contribution in [0.3, 0.4) is 0 Å². The van der Waals surface area contributed by atoms with Gasteiger partial charge < -0.3 is 4.74 Å². The molecule has 3 aromatic rings. The van der Waals surface area contributed by atoms with Crippen LogP contribution in [0.2, 0.25) is 5.02 Å². The Bertz CT molecular complexity index is 1100. The highest BCUT2D eigenvalue weighted by Gasteiger charge is 2.29. The van der Waals surface area contributed by atoms with Crippen LogP contribution in [0.15, 0.2) is 53.4 Å². The largest absolute Gasteiger partial charge is 0.497 e. The van der Waals surface area contributed by atoms with Crippen molar-refractivity contribution in [2.45, 2.75) is 17.9 Å². The summed E-state index contributed by atoms with van der Waals surface area (Å²) in [6.45, 7) is 0.697. The van der Waals surface area contributed by atoms with Crippen molar-refractivity contribution in [1.29, 1.82) is 0 Å². The number of sulfonamides is 1. The van der Waals surface area contributed by atoms with Crippen LogP contribution in [0.1, 0.15) is 11.3 Å². The molecule has 0 atom stereocenters. The molecule has 0 radical (unpaired) electrons. The van der Waals surface area contributed by atoms with Crippen molar-refractivity contribution in [3.8, 4) is 5.75 Å². The SMILES string of the molecule is COc1cccc(S(=O)(=O)N2CCc3nc4ccc(Cl)cc4cc3C2)c1. The van der Waals surface area contributed by atoms with Gasteiger partial charge in [0.15, 0.2) is 0 Å². The predicted octanol–water partition coefficient (Wildman–Crippen LogP) is 3.64. The van der Waals surface area contributed by atoms with Crippen LogP contribution in [0, 0.1) is 0 Å². The van der Waals surface area contributed by atoms with E-state index in [2.05, 4.69) is 4.98 Å². The topological polar surface area (TPSA) is 59.5 Å². The van der Waals surface area contributed by atoms with Crippen molar-refractivity contribution in [3.05, 3.63) is 64.8 Å². The number of rotatable bonds is 3. The molecule has 0 unspecified atom stereocenters. The number of nitrogens with zero attached hydrogens (tertiary/aromatic N) is 2. The predicted molar refractivity (Wildman–Crippen MR) is 101 cm³/mol. The van der Waals surface area contributed by atoms with Gasteiger partial charge >= 0.3 is 0 Å². The van der Waals surface area contributed by atoms with Gasteiger partial charge in [-0.15, -0.1) is 0 Å². The highest BCUT2D eigenvalue weighted by Crippen LogP contribution is 2.28. The van der Waals surface area contributed by atoms with Gasteiger partial charge in [0, 0.05) is 41.7 Å². The van der Waals surface area contributed by atoms with Crippen molar-refractivity contribution in [1.82, 2.24) is 9.29 Å². The second-order valence-corrected chi connectivity index (χ2v) is 8.57. The minimum atomic E-state index is -3.60. The van der Waals surface area contributed by atoms with Crippen molar-refractivity contribution < 1.29 is 13.2 Å². The first-order valence-electron chi connectivity index (χ1n) is 8.19. The summed E-state index contributed by atoms with van der Waals surface area (Å²) in [4.78, 5) is 4.91. The fraction of sp³-hybridized carbons (Fsp3) is 0.211. The van der Waals surface area contributed by atoms with Crippen molar-refractivity contribution in [2.24, 2.45) is 0 Å². The highest BCUT2D eigenvalue weighted by molar-refractivity contribution is 7.89. The molecule has 5 nitrogen and oxygen atoms in total. The van der Waals surface area contributed by atoms with Crippen LogP contribution in [0.4, 0.5) is 0 Å². The molecule has 1 aliphatic heterocycles. The molecule has 0 spiro atoms. The summed E-state index contributed by atoms with van der Waals surface area (Å²) in [7, 11) is -2.08. The quantitative estimate of drug-likeness (QED) is 0.687. The monoisotopic (exact) mass is 388 g/mol. The summed E-state index contributed by atoms with van der Waals surface area (Å²) in [5.41, 5.74) is 2.73. The fourth-order valence-electron chi connectivity index (χ4n) is 3.20. The molecule has 0 bridgehead atoms. The zero-order valence-corrected chi connectivity index (χ0v) is 15.7. The molecule has 1 aromatic heterocycles. The van der Waals surface area contributed by atoms with Gasteiger partial charge in [0.2, 0.25) is 10.0 Å². The minimum absolute atomic E-state index is 0.233. The van der Waals surface area contributed by atoms with Crippen LogP contribution in [0.25, 0.3) is 10.9 Å². The first-order valence-corrected chi connectivity index (χ1v) is 10.0. The zero-order valence-electron chi connectivity index (χ0n) is 14.1. The maximum atomic E-state index is 13.0. The lowest BCUT2D eigenvalue weighted by molar-refractivity contribution is 0.387. The van der Waals surface area contributed by atoms with E-state index in [1.165, 1.54) is 11.4 Å². The maximum absolute atomic E-state index is 13.0. The molecule has 2 aromatic carbocycles. The lowest BCUT2D eigenvalue weighted by Crippen LogP contribution is -2.36. The molecule has 7 heteroatoms. The van der Waals surface area contributed by atoms with Gasteiger partial charge in [0.25, 0.3) is 0 Å². The van der Waals surface area contributed by atoms with Crippen LogP contribution < -0.4 is 4.74 Å². The smallest absolute Gasteiger partial charge is 0.243 e. The number of hydrogen-bond donors (Lipinski definition) is 0. The Balaban J connectivity index is 1.70. The van der Waals surface area contributed by atoms with E-state index < -0.39 is 10.0 Å². The molecule has 26 heavy (non-hydrogen) atoms. The van der Waals surface area contributed by atoms with Gasteiger partial charge in [-0.3, -0.25) is 4.98 Å². The lowest BCUT2D eigenvalue weighted by Gasteiger charge is -2.28. The van der Waals surface area contributed by atoms with E-state index in [1.807, 2.05) is 24.3 Å². The van der Waals surface area contributed by atoms with Gasteiger partial charge in [-0.2, -0.15) is 4.31 Å². The summed E-state index contributed by atoms with van der Waals surface area (Å²) in [5.74, 6) is 0.519. The van der Waals surface area contributed by atoms with Gasteiger partial charge in [0.05, 0.1) is 17.5 Å². The number of fused-ring (bicyclic) bond motifs is 2. The number of benzene rings is 2. The van der Waals surface area contributed by atoms with Crippen molar-refractivity contribution in [2.75, 3.05) is 13.7 Å². The number of methoxy groups -OCH3 is 1. The van der Waals surface area contributed by atoms with E-state index in [-0.39, 0.29) is 4.90 Å². The zero-order chi connectivity index (χ0) is 18.3. The highest BCUT2D eigenvalue weighted by atomic mass is 35.5. The lowest BCUT2D eigenvalue weighted by atomic mass is 10.0. The average molecular weight is 389 g/mol. The van der Waals surface area contributed by atoms with E-state index in [1.54, 1.807) is 24.3 Å². The van der Waals surface area contributed by atoms with Gasteiger partial charge in [0.1, 0.15) is 5.75 Å². The number of hydrogen-bond acceptors (Lipinski definition) is 4. The van der Waals surface area contributed by atoms with Gasteiger partial charge in [-0.05, 0) is 42.0 Å². The summed E-state index contributed by atoms with van der Waals surface area (Å²) in [6, 6.07) is 14.1. The summed E-state index contributed by atoms with van der Waals surface area (Å²) in [5, 5.41) is 1.55. The number of ether oxygens (including phenoxy) is 1.